The maximum Gasteiger partial charge on any atom is 0.122 e. The molecule has 5 heteroatoms. The van der Waals surface area contributed by atoms with E-state index in [2.05, 4.69) is 9.88 Å². The highest BCUT2D eigenvalue weighted by Gasteiger charge is 2.05. The van der Waals surface area contributed by atoms with Crippen LogP contribution in [0, 0.1) is 6.92 Å². The molecule has 0 aromatic carbocycles. The molecule has 0 saturated heterocycles. The highest BCUT2D eigenvalue weighted by molar-refractivity contribution is 7.80. The van der Waals surface area contributed by atoms with Gasteiger partial charge in [-0.3, -0.25) is 4.98 Å². The van der Waals surface area contributed by atoms with E-state index in [0.29, 0.717) is 4.99 Å². The first-order valence-corrected chi connectivity index (χ1v) is 5.90. The second-order valence-corrected chi connectivity index (χ2v) is 4.62. The van der Waals surface area contributed by atoms with Gasteiger partial charge in [0.1, 0.15) is 5.75 Å². The summed E-state index contributed by atoms with van der Waals surface area (Å²) in [7, 11) is 3.68. The quantitative estimate of drug-likeness (QED) is 0.779. The van der Waals surface area contributed by atoms with Crippen molar-refractivity contribution in [2.75, 3.05) is 20.7 Å². The zero-order valence-corrected chi connectivity index (χ0v) is 11.4. The smallest absolute Gasteiger partial charge is 0.122 e. The van der Waals surface area contributed by atoms with E-state index in [1.807, 2.05) is 26.1 Å². The molecule has 2 N–H and O–H groups in total. The Bertz CT molecular complexity index is 395. The lowest BCUT2D eigenvalue weighted by Gasteiger charge is -2.16. The van der Waals surface area contributed by atoms with Crippen LogP contribution in [0.2, 0.25) is 0 Å². The average Bonchev–Trinajstić information content (AvgIpc) is 2.25. The number of nitrogens with zero attached hydrogens (tertiary/aromatic N) is 2. The Morgan fingerprint density at radius 1 is 1.53 bits per heavy atom. The number of methoxy groups -OCH3 is 1. The molecule has 1 aromatic heterocycles. The van der Waals surface area contributed by atoms with E-state index in [0.717, 1.165) is 36.6 Å². The van der Waals surface area contributed by atoms with Gasteiger partial charge in [-0.05, 0) is 14.0 Å². The molecule has 1 heterocycles. The van der Waals surface area contributed by atoms with Gasteiger partial charge in [-0.25, -0.2) is 0 Å². The molecule has 0 bridgehead atoms. The van der Waals surface area contributed by atoms with Crippen LogP contribution in [0.15, 0.2) is 12.1 Å². The topological polar surface area (TPSA) is 51.4 Å². The number of nitrogens with two attached hydrogens (primary N) is 1. The Balaban J connectivity index is 2.61. The molecule has 0 unspecified atom stereocenters. The molecule has 0 aliphatic heterocycles. The van der Waals surface area contributed by atoms with Gasteiger partial charge in [-0.1, -0.05) is 12.2 Å². The van der Waals surface area contributed by atoms with E-state index >= 15 is 0 Å². The maximum absolute atomic E-state index is 5.47. The van der Waals surface area contributed by atoms with Crippen molar-refractivity contribution in [1.82, 2.24) is 9.88 Å². The molecule has 0 aliphatic rings. The normalized spacial score (nSPS) is 10.6. The highest BCUT2D eigenvalue weighted by Crippen LogP contribution is 2.14. The molecular formula is C12H19N3OS. The van der Waals surface area contributed by atoms with Crippen LogP contribution >= 0.6 is 12.2 Å². The van der Waals surface area contributed by atoms with Gasteiger partial charge in [-0.15, -0.1) is 0 Å². The summed E-state index contributed by atoms with van der Waals surface area (Å²) < 4.78 is 5.22. The average molecular weight is 253 g/mol. The summed E-state index contributed by atoms with van der Waals surface area (Å²) in [6.45, 7) is 3.56. The van der Waals surface area contributed by atoms with Crippen LogP contribution in [0.5, 0.6) is 5.75 Å². The number of hydrogen-bond donors (Lipinski definition) is 1. The van der Waals surface area contributed by atoms with Crippen LogP contribution in [0.4, 0.5) is 0 Å². The van der Waals surface area contributed by atoms with E-state index in [-0.39, 0.29) is 0 Å². The zero-order valence-electron chi connectivity index (χ0n) is 10.6. The van der Waals surface area contributed by atoms with Gasteiger partial charge in [0.2, 0.25) is 0 Å². The van der Waals surface area contributed by atoms with Gasteiger partial charge in [0.05, 0.1) is 17.8 Å². The first-order valence-electron chi connectivity index (χ1n) is 5.49. The summed E-state index contributed by atoms with van der Waals surface area (Å²) in [5, 5.41) is 0. The molecule has 0 fully saturated rings. The summed E-state index contributed by atoms with van der Waals surface area (Å²) >= 11 is 4.85. The second-order valence-electron chi connectivity index (χ2n) is 4.09. The van der Waals surface area contributed by atoms with Crippen molar-refractivity contribution in [2.45, 2.75) is 19.9 Å². The minimum Gasteiger partial charge on any atom is -0.497 e. The fraction of sp³-hybridized carbons (Fsp3) is 0.500. The maximum atomic E-state index is 5.47. The molecule has 0 radical (unpaired) electrons. The minimum atomic E-state index is 0.548. The number of pyridine rings is 1. The Labute approximate surface area is 108 Å². The molecule has 94 valence electrons. The predicted octanol–water partition coefficient (Wildman–Crippen LogP) is 1.51. The molecule has 0 amide bonds. The van der Waals surface area contributed by atoms with Crippen molar-refractivity contribution in [3.8, 4) is 5.75 Å². The van der Waals surface area contributed by atoms with Crippen LogP contribution in [-0.4, -0.2) is 35.6 Å². The minimum absolute atomic E-state index is 0.548. The number of rotatable bonds is 6. The third-order valence-corrected chi connectivity index (χ3v) is 2.59. The van der Waals surface area contributed by atoms with Crippen LogP contribution in [-0.2, 0) is 6.54 Å². The number of aryl methyl sites for hydroxylation is 1. The Morgan fingerprint density at radius 2 is 2.24 bits per heavy atom. The summed E-state index contributed by atoms with van der Waals surface area (Å²) in [5.74, 6) is 0.843. The van der Waals surface area contributed by atoms with Crippen LogP contribution < -0.4 is 10.5 Å². The summed E-state index contributed by atoms with van der Waals surface area (Å²) in [4.78, 5) is 7.15. The van der Waals surface area contributed by atoms with Crippen molar-refractivity contribution >= 4 is 17.2 Å². The molecule has 0 aliphatic carbocycles. The molecule has 1 aromatic rings. The molecule has 0 saturated carbocycles. The number of hydrogen-bond acceptors (Lipinski definition) is 4. The first kappa shape index (κ1) is 13.9. The van der Waals surface area contributed by atoms with Crippen LogP contribution in [0.1, 0.15) is 17.8 Å². The van der Waals surface area contributed by atoms with E-state index < -0.39 is 0 Å². The van der Waals surface area contributed by atoms with Gasteiger partial charge in [0.25, 0.3) is 0 Å². The van der Waals surface area contributed by atoms with Gasteiger partial charge in [-0.2, -0.15) is 0 Å². The summed E-state index contributed by atoms with van der Waals surface area (Å²) in [6.07, 6.45) is 0.731. The number of ether oxygens (including phenoxy) is 1. The van der Waals surface area contributed by atoms with Gasteiger partial charge in [0.15, 0.2) is 0 Å². The van der Waals surface area contributed by atoms with Gasteiger partial charge in [0, 0.05) is 37.3 Å². The molecule has 1 rings (SSSR count). The van der Waals surface area contributed by atoms with E-state index in [1.54, 1.807) is 7.11 Å². The summed E-state index contributed by atoms with van der Waals surface area (Å²) in [6, 6.07) is 3.86. The molecule has 0 spiro atoms. The van der Waals surface area contributed by atoms with E-state index in [1.165, 1.54) is 0 Å². The van der Waals surface area contributed by atoms with E-state index in [9.17, 15) is 0 Å². The fourth-order valence-corrected chi connectivity index (χ4v) is 1.65. The number of thiocarbonyl (C=S) groups is 1. The largest absolute Gasteiger partial charge is 0.497 e. The van der Waals surface area contributed by atoms with E-state index in [4.69, 9.17) is 22.7 Å². The van der Waals surface area contributed by atoms with Crippen molar-refractivity contribution < 1.29 is 4.74 Å². The number of aromatic nitrogens is 1. The first-order chi connectivity index (χ1) is 8.01. The van der Waals surface area contributed by atoms with Crippen molar-refractivity contribution in [3.05, 3.63) is 23.5 Å². The molecule has 4 nitrogen and oxygen atoms in total. The lowest BCUT2D eigenvalue weighted by Crippen LogP contribution is -2.23. The lowest BCUT2D eigenvalue weighted by molar-refractivity contribution is 0.331. The van der Waals surface area contributed by atoms with Crippen molar-refractivity contribution in [2.24, 2.45) is 5.73 Å². The van der Waals surface area contributed by atoms with Gasteiger partial charge >= 0.3 is 0 Å². The Hall–Kier alpha value is -1.20. The standard InChI is InChI=1S/C12H19N3OS/c1-9-6-11(16-3)7-10(14-9)8-15(2)5-4-12(13)17/h6-7H,4-5,8H2,1-3H3,(H2,13,17). The lowest BCUT2D eigenvalue weighted by atomic mass is 10.2. The van der Waals surface area contributed by atoms with Crippen molar-refractivity contribution in [3.63, 3.8) is 0 Å². The Kier molecular flexibility index (Phi) is 5.31. The van der Waals surface area contributed by atoms with Crippen LogP contribution in [0.25, 0.3) is 0 Å². The van der Waals surface area contributed by atoms with Crippen molar-refractivity contribution in [1.29, 1.82) is 0 Å². The molecular weight excluding hydrogens is 234 g/mol. The fourth-order valence-electron chi connectivity index (χ4n) is 1.56. The van der Waals surface area contributed by atoms with Crippen LogP contribution in [0.3, 0.4) is 0 Å². The van der Waals surface area contributed by atoms with Gasteiger partial charge < -0.3 is 15.4 Å². The third-order valence-electron chi connectivity index (χ3n) is 2.39. The predicted molar refractivity (Wildman–Crippen MR) is 73.3 cm³/mol. The third kappa shape index (κ3) is 5.10. The second kappa shape index (κ2) is 6.51. The summed E-state index contributed by atoms with van der Waals surface area (Å²) in [5.41, 5.74) is 7.43. The SMILES string of the molecule is COc1cc(C)nc(CN(C)CCC(N)=S)c1. The zero-order chi connectivity index (χ0) is 12.8. The molecule has 17 heavy (non-hydrogen) atoms. The molecule has 0 atom stereocenters. The highest BCUT2D eigenvalue weighted by atomic mass is 32.1. The Morgan fingerprint density at radius 3 is 2.82 bits per heavy atom. The monoisotopic (exact) mass is 253 g/mol.